The molecular weight excluding hydrogens is 212 g/mol. The quantitative estimate of drug-likeness (QED) is 0.790. The van der Waals surface area contributed by atoms with Crippen molar-refractivity contribution in [2.75, 3.05) is 0 Å². The topological polar surface area (TPSA) is 37.3 Å². The Hall–Kier alpha value is -1.57. The monoisotopic (exact) mass is 236 g/mol. The number of aryl methyl sites for hydroxylation is 1. The maximum atomic E-state index is 10.3. The molecule has 0 saturated heterocycles. The molecule has 0 aliphatic carbocycles. The van der Waals surface area contributed by atoms with E-state index in [-0.39, 0.29) is 0 Å². The van der Waals surface area contributed by atoms with Gasteiger partial charge in [0.25, 0.3) is 0 Å². The normalized spacial score (nSPS) is 8.76. The van der Waals surface area contributed by atoms with Gasteiger partial charge in [-0.25, -0.2) is 4.79 Å². The van der Waals surface area contributed by atoms with Crippen molar-refractivity contribution in [2.24, 2.45) is 0 Å². The summed E-state index contributed by atoms with van der Waals surface area (Å²) in [7, 11) is 0. The first kappa shape index (κ1) is 17.8. The van der Waals surface area contributed by atoms with E-state index in [9.17, 15) is 4.79 Å². The molecule has 0 bridgehead atoms. The number of rotatable bonds is 3. The highest BCUT2D eigenvalue weighted by molar-refractivity contribution is 5.85. The first-order valence-electron chi connectivity index (χ1n) is 6.23. The molecule has 0 saturated carbocycles. The fraction of sp³-hybridized carbons (Fsp3) is 0.400. The Morgan fingerprint density at radius 2 is 1.71 bits per heavy atom. The summed E-state index contributed by atoms with van der Waals surface area (Å²) in [6.45, 7) is 10.0. The molecule has 0 atom stereocenters. The van der Waals surface area contributed by atoms with Gasteiger partial charge in [-0.15, -0.1) is 0 Å². The average Bonchev–Trinajstić information content (AvgIpc) is 2.41. The maximum absolute atomic E-state index is 10.3. The predicted octanol–water partition coefficient (Wildman–Crippen LogP) is 4.40. The summed E-state index contributed by atoms with van der Waals surface area (Å²) in [4.78, 5) is 10.3. The molecule has 1 aromatic carbocycles. The SMILES string of the molecule is CC.CC.CCc1ccccc1/C=C/C(=O)O. The first-order chi connectivity index (χ1) is 8.24. The maximum Gasteiger partial charge on any atom is 0.328 e. The molecule has 1 aromatic rings. The molecule has 96 valence electrons. The standard InChI is InChI=1S/C11H12O2.2C2H6/c1-2-9-5-3-4-6-10(9)7-8-11(12)13;2*1-2/h3-8H,2H2,1H3,(H,12,13);2*1-2H3/b8-7+;;. The lowest BCUT2D eigenvalue weighted by molar-refractivity contribution is -0.131. The van der Waals surface area contributed by atoms with Crippen LogP contribution in [0.25, 0.3) is 6.08 Å². The van der Waals surface area contributed by atoms with Gasteiger partial charge in [0.1, 0.15) is 0 Å². The van der Waals surface area contributed by atoms with Crippen molar-refractivity contribution in [1.82, 2.24) is 0 Å². The third kappa shape index (κ3) is 8.26. The Morgan fingerprint density at radius 3 is 2.18 bits per heavy atom. The van der Waals surface area contributed by atoms with Crippen LogP contribution in [0.15, 0.2) is 30.3 Å². The van der Waals surface area contributed by atoms with E-state index in [1.807, 2.05) is 58.9 Å². The number of hydrogen-bond acceptors (Lipinski definition) is 1. The van der Waals surface area contributed by atoms with Gasteiger partial charge in [0.05, 0.1) is 0 Å². The number of benzene rings is 1. The van der Waals surface area contributed by atoms with Crippen molar-refractivity contribution >= 4 is 12.0 Å². The molecular formula is C15H24O2. The molecule has 0 aliphatic rings. The molecule has 2 nitrogen and oxygen atoms in total. The van der Waals surface area contributed by atoms with E-state index in [2.05, 4.69) is 0 Å². The number of carboxylic acid groups (broad SMARTS) is 1. The van der Waals surface area contributed by atoms with Crippen LogP contribution in [0.2, 0.25) is 0 Å². The van der Waals surface area contributed by atoms with Gasteiger partial charge >= 0.3 is 5.97 Å². The fourth-order valence-corrected chi connectivity index (χ4v) is 1.18. The minimum atomic E-state index is -0.911. The van der Waals surface area contributed by atoms with E-state index in [0.717, 1.165) is 18.1 Å². The Balaban J connectivity index is 0. The third-order valence-electron chi connectivity index (χ3n) is 1.84. The second kappa shape index (κ2) is 12.5. The van der Waals surface area contributed by atoms with Crippen LogP contribution in [0.1, 0.15) is 45.7 Å². The number of aliphatic carboxylic acids is 1. The molecule has 17 heavy (non-hydrogen) atoms. The number of carboxylic acids is 1. The van der Waals surface area contributed by atoms with Gasteiger partial charge in [-0.1, -0.05) is 58.9 Å². The van der Waals surface area contributed by atoms with Crippen molar-refractivity contribution in [2.45, 2.75) is 41.0 Å². The smallest absolute Gasteiger partial charge is 0.328 e. The van der Waals surface area contributed by atoms with E-state index >= 15 is 0 Å². The number of carbonyl (C=O) groups is 1. The Morgan fingerprint density at radius 1 is 1.18 bits per heavy atom. The zero-order chi connectivity index (χ0) is 13.7. The van der Waals surface area contributed by atoms with Crippen molar-refractivity contribution in [3.05, 3.63) is 41.5 Å². The van der Waals surface area contributed by atoms with E-state index < -0.39 is 5.97 Å². The van der Waals surface area contributed by atoms with Crippen LogP contribution in [-0.4, -0.2) is 11.1 Å². The van der Waals surface area contributed by atoms with Crippen LogP contribution in [0.3, 0.4) is 0 Å². The largest absolute Gasteiger partial charge is 0.478 e. The Kier molecular flexibility index (Phi) is 13.1. The minimum absolute atomic E-state index is 0.911. The number of hydrogen-bond donors (Lipinski definition) is 1. The lowest BCUT2D eigenvalue weighted by Gasteiger charge is -2.00. The van der Waals surface area contributed by atoms with Crippen molar-refractivity contribution in [3.8, 4) is 0 Å². The van der Waals surface area contributed by atoms with Crippen molar-refractivity contribution in [1.29, 1.82) is 0 Å². The molecule has 2 heteroatoms. The summed E-state index contributed by atoms with van der Waals surface area (Å²) in [6.07, 6.45) is 3.70. The van der Waals surface area contributed by atoms with E-state index in [1.165, 1.54) is 5.56 Å². The average molecular weight is 236 g/mol. The van der Waals surface area contributed by atoms with Crippen LogP contribution in [0, 0.1) is 0 Å². The van der Waals surface area contributed by atoms with Gasteiger partial charge in [-0.05, 0) is 23.6 Å². The molecule has 1 N–H and O–H groups in total. The lowest BCUT2D eigenvalue weighted by atomic mass is 10.1. The van der Waals surface area contributed by atoms with Gasteiger partial charge in [0.2, 0.25) is 0 Å². The van der Waals surface area contributed by atoms with Crippen LogP contribution >= 0.6 is 0 Å². The zero-order valence-corrected chi connectivity index (χ0v) is 11.5. The van der Waals surface area contributed by atoms with Gasteiger partial charge < -0.3 is 5.11 Å². The van der Waals surface area contributed by atoms with Crippen LogP contribution < -0.4 is 0 Å². The van der Waals surface area contributed by atoms with E-state index in [4.69, 9.17) is 5.11 Å². The third-order valence-corrected chi connectivity index (χ3v) is 1.84. The van der Waals surface area contributed by atoms with E-state index in [0.29, 0.717) is 0 Å². The van der Waals surface area contributed by atoms with Crippen molar-refractivity contribution in [3.63, 3.8) is 0 Å². The Labute approximate surface area is 105 Å². The molecule has 0 radical (unpaired) electrons. The van der Waals surface area contributed by atoms with Gasteiger partial charge in [0, 0.05) is 6.08 Å². The van der Waals surface area contributed by atoms with Crippen molar-refractivity contribution < 1.29 is 9.90 Å². The minimum Gasteiger partial charge on any atom is -0.478 e. The summed E-state index contributed by atoms with van der Waals surface area (Å²) in [5.74, 6) is -0.911. The first-order valence-corrected chi connectivity index (χ1v) is 6.23. The van der Waals surface area contributed by atoms with Gasteiger partial charge in [0.15, 0.2) is 0 Å². The second-order valence-electron chi connectivity index (χ2n) is 2.72. The highest BCUT2D eigenvalue weighted by Gasteiger charge is 1.95. The molecule has 0 fully saturated rings. The molecule has 0 heterocycles. The van der Waals surface area contributed by atoms with Crippen LogP contribution in [0.5, 0.6) is 0 Å². The van der Waals surface area contributed by atoms with Gasteiger partial charge in [-0.3, -0.25) is 0 Å². The lowest BCUT2D eigenvalue weighted by Crippen LogP contribution is -1.88. The molecule has 1 rings (SSSR count). The summed E-state index contributed by atoms with van der Waals surface area (Å²) in [5.41, 5.74) is 2.15. The zero-order valence-electron chi connectivity index (χ0n) is 11.5. The predicted molar refractivity (Wildman–Crippen MR) is 75.2 cm³/mol. The summed E-state index contributed by atoms with van der Waals surface area (Å²) in [6, 6.07) is 7.78. The summed E-state index contributed by atoms with van der Waals surface area (Å²) in [5, 5.41) is 8.45. The fourth-order valence-electron chi connectivity index (χ4n) is 1.18. The molecule has 0 aromatic heterocycles. The van der Waals surface area contributed by atoms with Crippen LogP contribution in [0.4, 0.5) is 0 Å². The molecule has 0 amide bonds. The molecule has 0 unspecified atom stereocenters. The Bertz CT molecular complexity index is 327. The van der Waals surface area contributed by atoms with E-state index in [1.54, 1.807) is 6.08 Å². The molecule has 0 aliphatic heterocycles. The summed E-state index contributed by atoms with van der Waals surface area (Å²) >= 11 is 0. The highest BCUT2D eigenvalue weighted by atomic mass is 16.4. The van der Waals surface area contributed by atoms with Gasteiger partial charge in [-0.2, -0.15) is 0 Å². The highest BCUT2D eigenvalue weighted by Crippen LogP contribution is 2.10. The van der Waals surface area contributed by atoms with Crippen LogP contribution in [-0.2, 0) is 11.2 Å². The summed E-state index contributed by atoms with van der Waals surface area (Å²) < 4.78 is 0. The second-order valence-corrected chi connectivity index (χ2v) is 2.72. The molecule has 0 spiro atoms.